The molecular weight excluding hydrogens is 353 g/mol. The Hall–Kier alpha value is -0.920. The van der Waals surface area contributed by atoms with E-state index in [0.29, 0.717) is 9.48 Å². The van der Waals surface area contributed by atoms with Gasteiger partial charge in [-0.2, -0.15) is 13.2 Å². The van der Waals surface area contributed by atoms with Crippen molar-refractivity contribution in [2.75, 3.05) is 7.05 Å². The molecule has 2 nitrogen and oxygen atoms in total. The van der Waals surface area contributed by atoms with Gasteiger partial charge in [-0.15, -0.1) is 11.3 Å². The third-order valence-corrected chi connectivity index (χ3v) is 4.61. The second kappa shape index (κ2) is 5.83. The number of benzene rings is 1. The van der Waals surface area contributed by atoms with Gasteiger partial charge in [0.25, 0.3) is 0 Å². The number of hydrogen-bond donors (Lipinski definition) is 1. The Labute approximate surface area is 127 Å². The Kier molecular flexibility index (Phi) is 4.51. The summed E-state index contributed by atoms with van der Waals surface area (Å²) in [5, 5.41) is 3.42. The number of nitrogens with one attached hydrogen (secondary N) is 1. The van der Waals surface area contributed by atoms with Gasteiger partial charge < -0.3 is 5.32 Å². The molecule has 1 atom stereocenters. The van der Waals surface area contributed by atoms with Gasteiger partial charge in [-0.25, -0.2) is 4.98 Å². The molecule has 0 fully saturated rings. The van der Waals surface area contributed by atoms with E-state index in [2.05, 4.69) is 26.2 Å². The third-order valence-electron chi connectivity index (χ3n) is 2.90. The highest BCUT2D eigenvalue weighted by molar-refractivity contribution is 9.10. The smallest absolute Gasteiger partial charge is 0.312 e. The van der Waals surface area contributed by atoms with Crippen LogP contribution in [0.25, 0.3) is 10.6 Å². The van der Waals surface area contributed by atoms with Crippen molar-refractivity contribution in [1.29, 1.82) is 0 Å². The fourth-order valence-electron chi connectivity index (χ4n) is 1.69. The third kappa shape index (κ3) is 3.21. The number of nitrogens with zero attached hydrogens (tertiary/aromatic N) is 1. The molecule has 1 aromatic heterocycles. The van der Waals surface area contributed by atoms with Gasteiger partial charge in [-0.1, -0.05) is 22.0 Å². The molecule has 1 heterocycles. The maximum Gasteiger partial charge on any atom is 0.417 e. The zero-order valence-electron chi connectivity index (χ0n) is 10.8. The monoisotopic (exact) mass is 364 g/mol. The average molecular weight is 365 g/mol. The van der Waals surface area contributed by atoms with Crippen LogP contribution in [0.5, 0.6) is 0 Å². The largest absolute Gasteiger partial charge is 0.417 e. The Bertz CT molecular complexity index is 610. The molecule has 20 heavy (non-hydrogen) atoms. The number of hydrogen-bond acceptors (Lipinski definition) is 3. The summed E-state index contributed by atoms with van der Waals surface area (Å²) >= 11 is 4.34. The molecule has 0 amide bonds. The van der Waals surface area contributed by atoms with Crippen LogP contribution in [0.1, 0.15) is 23.4 Å². The first kappa shape index (κ1) is 15.5. The molecule has 0 aliphatic carbocycles. The molecule has 0 aliphatic heterocycles. The molecule has 0 saturated carbocycles. The lowest BCUT2D eigenvalue weighted by Gasteiger charge is -2.11. The van der Waals surface area contributed by atoms with E-state index >= 15 is 0 Å². The van der Waals surface area contributed by atoms with Gasteiger partial charge >= 0.3 is 6.18 Å². The van der Waals surface area contributed by atoms with Crippen LogP contribution in [-0.2, 0) is 6.18 Å². The van der Waals surface area contributed by atoms with Gasteiger partial charge in [0, 0.05) is 27.2 Å². The number of aromatic nitrogens is 1. The molecule has 0 spiro atoms. The molecule has 7 heteroatoms. The summed E-state index contributed by atoms with van der Waals surface area (Å²) < 4.78 is 39.7. The van der Waals surface area contributed by atoms with Gasteiger partial charge in [0.05, 0.1) is 5.56 Å². The summed E-state index contributed by atoms with van der Waals surface area (Å²) in [6.07, 6.45) is -2.79. The van der Waals surface area contributed by atoms with E-state index in [4.69, 9.17) is 0 Å². The highest BCUT2D eigenvalue weighted by atomic mass is 79.9. The Morgan fingerprint density at radius 2 is 2.05 bits per heavy atom. The minimum atomic E-state index is -4.40. The molecule has 0 radical (unpaired) electrons. The van der Waals surface area contributed by atoms with Crippen LogP contribution in [-0.4, -0.2) is 12.0 Å². The molecule has 1 unspecified atom stereocenters. The highest BCUT2D eigenvalue weighted by Gasteiger charge is 2.34. The summed E-state index contributed by atoms with van der Waals surface area (Å²) in [5.74, 6) is 0. The van der Waals surface area contributed by atoms with Crippen LogP contribution in [0, 0.1) is 0 Å². The van der Waals surface area contributed by atoms with Crippen LogP contribution >= 0.6 is 27.3 Å². The first-order valence-electron chi connectivity index (χ1n) is 5.83. The standard InChI is InChI=1S/C13H12BrF3N2S/c1-7(18-2)11-6-19-12(20-11)9-4-3-8(14)5-10(9)13(15,16)17/h3-7,18H,1-2H3. The molecule has 2 rings (SSSR count). The van der Waals surface area contributed by atoms with Crippen molar-refractivity contribution in [3.63, 3.8) is 0 Å². The summed E-state index contributed by atoms with van der Waals surface area (Å²) in [7, 11) is 1.80. The van der Waals surface area contributed by atoms with Crippen molar-refractivity contribution >= 4 is 27.3 Å². The number of thiazole rings is 1. The lowest BCUT2D eigenvalue weighted by atomic mass is 10.1. The Balaban J connectivity index is 2.50. The summed E-state index contributed by atoms with van der Waals surface area (Å²) in [6.45, 7) is 1.93. The van der Waals surface area contributed by atoms with E-state index in [1.54, 1.807) is 19.3 Å². The molecule has 108 valence electrons. The SMILES string of the molecule is CNC(C)c1cnc(-c2ccc(Br)cc2C(F)(F)F)s1. The van der Waals surface area contributed by atoms with Crippen molar-refractivity contribution in [2.24, 2.45) is 0 Å². The fraction of sp³-hybridized carbons (Fsp3) is 0.308. The fourth-order valence-corrected chi connectivity index (χ4v) is 3.07. The normalized spacial score (nSPS) is 13.5. The van der Waals surface area contributed by atoms with E-state index < -0.39 is 11.7 Å². The first-order valence-corrected chi connectivity index (χ1v) is 7.44. The van der Waals surface area contributed by atoms with Crippen LogP contribution in [0.2, 0.25) is 0 Å². The predicted molar refractivity (Wildman–Crippen MR) is 77.7 cm³/mol. The van der Waals surface area contributed by atoms with Crippen molar-refractivity contribution < 1.29 is 13.2 Å². The molecule has 0 saturated heterocycles. The van der Waals surface area contributed by atoms with Crippen LogP contribution in [0.15, 0.2) is 28.9 Å². The van der Waals surface area contributed by atoms with Crippen molar-refractivity contribution in [3.05, 3.63) is 39.3 Å². The van der Waals surface area contributed by atoms with Crippen LogP contribution in [0.4, 0.5) is 13.2 Å². The summed E-state index contributed by atoms with van der Waals surface area (Å²) in [6, 6.07) is 4.18. The highest BCUT2D eigenvalue weighted by Crippen LogP contribution is 2.40. The zero-order valence-corrected chi connectivity index (χ0v) is 13.2. The molecule has 2 aromatic rings. The van der Waals surface area contributed by atoms with Gasteiger partial charge in [0.1, 0.15) is 5.01 Å². The van der Waals surface area contributed by atoms with Gasteiger partial charge in [-0.3, -0.25) is 0 Å². The van der Waals surface area contributed by atoms with Gasteiger partial charge in [0.15, 0.2) is 0 Å². The lowest BCUT2D eigenvalue weighted by Crippen LogP contribution is -2.10. The molecule has 0 bridgehead atoms. The second-order valence-electron chi connectivity index (χ2n) is 4.27. The first-order chi connectivity index (χ1) is 9.32. The Morgan fingerprint density at radius 3 is 2.65 bits per heavy atom. The van der Waals surface area contributed by atoms with Crippen molar-refractivity contribution in [2.45, 2.75) is 19.1 Å². The van der Waals surface area contributed by atoms with Crippen LogP contribution in [0.3, 0.4) is 0 Å². The summed E-state index contributed by atoms with van der Waals surface area (Å²) in [5.41, 5.74) is -0.565. The minimum Gasteiger partial charge on any atom is -0.312 e. The predicted octanol–water partition coefficient (Wildman–Crippen LogP) is 4.87. The number of halogens is 4. The maximum absolute atomic E-state index is 13.1. The lowest BCUT2D eigenvalue weighted by molar-refractivity contribution is -0.137. The number of alkyl halides is 3. The van der Waals surface area contributed by atoms with Crippen molar-refractivity contribution in [1.82, 2.24) is 10.3 Å². The second-order valence-corrected chi connectivity index (χ2v) is 6.24. The maximum atomic E-state index is 13.1. The summed E-state index contributed by atoms with van der Waals surface area (Å²) in [4.78, 5) is 5.02. The van der Waals surface area contributed by atoms with E-state index in [9.17, 15) is 13.2 Å². The van der Waals surface area contributed by atoms with Gasteiger partial charge in [0.2, 0.25) is 0 Å². The quantitative estimate of drug-likeness (QED) is 0.839. The van der Waals surface area contributed by atoms with E-state index in [1.807, 2.05) is 6.92 Å². The zero-order chi connectivity index (χ0) is 14.9. The van der Waals surface area contributed by atoms with Crippen LogP contribution < -0.4 is 5.32 Å². The Morgan fingerprint density at radius 1 is 1.35 bits per heavy atom. The topological polar surface area (TPSA) is 24.9 Å². The molecule has 0 aliphatic rings. The van der Waals surface area contributed by atoms with E-state index in [1.165, 1.54) is 17.4 Å². The van der Waals surface area contributed by atoms with E-state index in [-0.39, 0.29) is 11.6 Å². The molecule has 1 aromatic carbocycles. The van der Waals surface area contributed by atoms with Crippen molar-refractivity contribution in [3.8, 4) is 10.6 Å². The average Bonchev–Trinajstić information content (AvgIpc) is 2.86. The molecule has 1 N–H and O–H groups in total. The van der Waals surface area contributed by atoms with E-state index in [0.717, 1.165) is 10.9 Å². The minimum absolute atomic E-state index is 0.0611. The molecular formula is C13H12BrF3N2S. The number of rotatable bonds is 3. The van der Waals surface area contributed by atoms with Gasteiger partial charge in [-0.05, 0) is 26.1 Å².